The molecule has 1 saturated heterocycles. The van der Waals surface area contributed by atoms with Gasteiger partial charge in [0.25, 0.3) is 0 Å². The molecular formula is C17H19F3N6O2S. The zero-order chi connectivity index (χ0) is 20.8. The molecular weight excluding hydrogens is 409 g/mol. The van der Waals surface area contributed by atoms with Crippen molar-refractivity contribution in [1.29, 1.82) is 0 Å². The van der Waals surface area contributed by atoms with Gasteiger partial charge in [0.15, 0.2) is 11.4 Å². The average Bonchev–Trinajstić information content (AvgIpc) is 3.09. The summed E-state index contributed by atoms with van der Waals surface area (Å²) in [6.07, 6.45) is 1.21. The minimum Gasteiger partial charge on any atom is -0.352 e. The van der Waals surface area contributed by atoms with Crippen molar-refractivity contribution < 1.29 is 21.6 Å². The molecule has 1 aliphatic heterocycles. The van der Waals surface area contributed by atoms with Crippen LogP contribution in [0.15, 0.2) is 24.7 Å². The second-order valence-corrected chi connectivity index (χ2v) is 9.01. The molecule has 2 N–H and O–H groups in total. The average molecular weight is 428 g/mol. The predicted molar refractivity (Wildman–Crippen MR) is 102 cm³/mol. The van der Waals surface area contributed by atoms with Gasteiger partial charge in [-0.1, -0.05) is 0 Å². The van der Waals surface area contributed by atoms with Crippen molar-refractivity contribution in [3.8, 4) is 0 Å². The van der Waals surface area contributed by atoms with E-state index in [9.17, 15) is 21.6 Å². The molecule has 29 heavy (non-hydrogen) atoms. The van der Waals surface area contributed by atoms with Crippen LogP contribution in [0.3, 0.4) is 0 Å². The second-order valence-electron chi connectivity index (χ2n) is 7.26. The van der Waals surface area contributed by atoms with Gasteiger partial charge in [-0.15, -0.1) is 0 Å². The summed E-state index contributed by atoms with van der Waals surface area (Å²) >= 11 is 0. The predicted octanol–water partition coefficient (Wildman–Crippen LogP) is 2.35. The molecule has 1 aliphatic rings. The zero-order valence-corrected chi connectivity index (χ0v) is 16.3. The second kappa shape index (κ2) is 7.10. The number of aromatic nitrogens is 4. The molecule has 0 amide bonds. The Labute approximate surface area is 164 Å². The van der Waals surface area contributed by atoms with Crippen LogP contribution in [0.5, 0.6) is 0 Å². The van der Waals surface area contributed by atoms with Crippen LogP contribution >= 0.6 is 0 Å². The SMILES string of the molecule is CC1CCC(NS(=O)(=O)CC(F)(F)F)CN1c1[nH]ncc2cnc3nccc3c12. The van der Waals surface area contributed by atoms with Gasteiger partial charge in [-0.3, -0.25) is 5.10 Å². The highest BCUT2D eigenvalue weighted by Crippen LogP contribution is 2.33. The first kappa shape index (κ1) is 19.8. The van der Waals surface area contributed by atoms with Gasteiger partial charge in [0.1, 0.15) is 5.82 Å². The van der Waals surface area contributed by atoms with Gasteiger partial charge in [0.05, 0.1) is 6.20 Å². The Morgan fingerprint density at radius 1 is 1.28 bits per heavy atom. The Balaban J connectivity index is 1.67. The maximum Gasteiger partial charge on any atom is 0.404 e. The van der Waals surface area contributed by atoms with E-state index in [2.05, 4.69) is 24.9 Å². The summed E-state index contributed by atoms with van der Waals surface area (Å²) in [6.45, 7) is 2.20. The van der Waals surface area contributed by atoms with E-state index in [1.807, 2.05) is 17.9 Å². The van der Waals surface area contributed by atoms with Crippen LogP contribution in [0.25, 0.3) is 21.8 Å². The van der Waals surface area contributed by atoms with Gasteiger partial charge in [-0.25, -0.2) is 23.1 Å². The standard InChI is InChI=1S/C17H19F3N6O2S/c1-10-2-3-12(25-29(27,28)9-17(18,19)20)8-26(10)16-14-11(7-23-24-16)6-22-15-13(14)4-5-21-15/h4-7,10,12,24-25H,2-3,8-9H2,1H3. The van der Waals surface area contributed by atoms with Crippen LogP contribution in [0.2, 0.25) is 0 Å². The minimum atomic E-state index is -4.79. The van der Waals surface area contributed by atoms with Crippen LogP contribution in [0, 0.1) is 0 Å². The first-order chi connectivity index (χ1) is 13.6. The molecule has 0 saturated carbocycles. The van der Waals surface area contributed by atoms with E-state index in [-0.39, 0.29) is 12.6 Å². The molecule has 4 heterocycles. The Kier molecular flexibility index (Phi) is 4.85. The van der Waals surface area contributed by atoms with Gasteiger partial charge in [-0.05, 0) is 25.8 Å². The smallest absolute Gasteiger partial charge is 0.352 e. The highest BCUT2D eigenvalue weighted by molar-refractivity contribution is 7.89. The molecule has 0 aromatic carbocycles. The van der Waals surface area contributed by atoms with E-state index >= 15 is 0 Å². The van der Waals surface area contributed by atoms with E-state index in [1.54, 1.807) is 18.6 Å². The summed E-state index contributed by atoms with van der Waals surface area (Å²) in [5.74, 6) is -1.23. The number of H-pyrrole nitrogens is 1. The first-order valence-corrected chi connectivity index (χ1v) is 10.7. The van der Waals surface area contributed by atoms with Crippen molar-refractivity contribution >= 4 is 37.6 Å². The molecule has 0 radical (unpaired) electrons. The largest absolute Gasteiger partial charge is 0.404 e. The minimum absolute atomic E-state index is 0.0353. The van der Waals surface area contributed by atoms with Gasteiger partial charge in [0, 0.05) is 47.2 Å². The van der Waals surface area contributed by atoms with Crippen molar-refractivity contribution in [1.82, 2.24) is 24.9 Å². The number of aromatic amines is 1. The number of halogens is 3. The molecule has 0 spiro atoms. The third-order valence-corrected chi connectivity index (χ3v) is 6.44. The summed E-state index contributed by atoms with van der Waals surface area (Å²) in [5, 5.41) is 9.57. The maximum atomic E-state index is 12.5. The van der Waals surface area contributed by atoms with Gasteiger partial charge in [0.2, 0.25) is 10.0 Å². The molecule has 2 atom stereocenters. The number of sulfonamides is 1. The lowest BCUT2D eigenvalue weighted by molar-refractivity contribution is -0.106. The fraction of sp³-hybridized carbons (Fsp3) is 0.471. The molecule has 3 aromatic heterocycles. The topological polar surface area (TPSA) is 104 Å². The van der Waals surface area contributed by atoms with E-state index in [1.165, 1.54) is 0 Å². The number of pyridine rings is 1. The van der Waals surface area contributed by atoms with E-state index in [4.69, 9.17) is 0 Å². The molecule has 4 rings (SSSR count). The monoisotopic (exact) mass is 428 g/mol. The normalized spacial score (nSPS) is 21.2. The number of nitrogens with zero attached hydrogens (tertiary/aromatic N) is 4. The maximum absolute atomic E-state index is 12.5. The summed E-state index contributed by atoms with van der Waals surface area (Å²) in [4.78, 5) is 10.4. The Bertz CT molecular complexity index is 1150. The van der Waals surface area contributed by atoms with Crippen LogP contribution in [0.1, 0.15) is 19.8 Å². The van der Waals surface area contributed by atoms with E-state index in [0.29, 0.717) is 24.3 Å². The molecule has 0 aliphatic carbocycles. The summed E-state index contributed by atoms with van der Waals surface area (Å²) in [5.41, 5.74) is 0.574. The summed E-state index contributed by atoms with van der Waals surface area (Å²) in [7, 11) is -4.48. The quantitative estimate of drug-likeness (QED) is 0.661. The molecule has 1 fully saturated rings. The lowest BCUT2D eigenvalue weighted by Crippen LogP contribution is -2.52. The van der Waals surface area contributed by atoms with Gasteiger partial charge < -0.3 is 4.90 Å². The number of rotatable bonds is 4. The third-order valence-electron chi connectivity index (χ3n) is 5.04. The van der Waals surface area contributed by atoms with Crippen LogP contribution in [0.4, 0.5) is 19.0 Å². The van der Waals surface area contributed by atoms with Gasteiger partial charge in [-0.2, -0.15) is 18.3 Å². The molecule has 12 heteroatoms. The highest BCUT2D eigenvalue weighted by Gasteiger charge is 2.37. The molecule has 2 unspecified atom stereocenters. The Hall–Kier alpha value is -2.47. The fourth-order valence-corrected chi connectivity index (χ4v) is 5.00. The van der Waals surface area contributed by atoms with Crippen LogP contribution in [-0.2, 0) is 10.0 Å². The molecule has 3 aromatic rings. The van der Waals surface area contributed by atoms with E-state index in [0.717, 1.165) is 16.2 Å². The molecule has 0 bridgehead atoms. The van der Waals surface area contributed by atoms with Crippen molar-refractivity contribution in [3.63, 3.8) is 0 Å². The van der Waals surface area contributed by atoms with Crippen molar-refractivity contribution in [3.05, 3.63) is 24.7 Å². The number of fused-ring (bicyclic) bond motifs is 3. The number of hydrogen-bond donors (Lipinski definition) is 2. The summed E-state index contributed by atoms with van der Waals surface area (Å²) in [6, 6.07) is 1.23. The summed E-state index contributed by atoms with van der Waals surface area (Å²) < 4.78 is 63.7. The number of alkyl halides is 3. The Morgan fingerprint density at radius 3 is 2.83 bits per heavy atom. The molecule has 8 nitrogen and oxygen atoms in total. The Morgan fingerprint density at radius 2 is 2.07 bits per heavy atom. The lowest BCUT2D eigenvalue weighted by Gasteiger charge is -2.39. The van der Waals surface area contributed by atoms with Crippen LogP contribution in [-0.4, -0.2) is 59.1 Å². The first-order valence-electron chi connectivity index (χ1n) is 9.03. The lowest BCUT2D eigenvalue weighted by atomic mass is 9.99. The fourth-order valence-electron chi connectivity index (χ4n) is 3.79. The number of anilines is 1. The molecule has 156 valence electrons. The van der Waals surface area contributed by atoms with Crippen molar-refractivity contribution in [2.45, 2.75) is 38.0 Å². The van der Waals surface area contributed by atoms with Gasteiger partial charge >= 0.3 is 6.18 Å². The number of piperidine rings is 1. The number of hydrogen-bond acceptors (Lipinski definition) is 6. The third kappa shape index (κ3) is 4.13. The number of nitrogens with one attached hydrogen (secondary N) is 2. The van der Waals surface area contributed by atoms with Crippen molar-refractivity contribution in [2.24, 2.45) is 0 Å². The van der Waals surface area contributed by atoms with E-state index < -0.39 is 28.0 Å². The highest BCUT2D eigenvalue weighted by atomic mass is 32.2. The zero-order valence-electron chi connectivity index (χ0n) is 15.4. The van der Waals surface area contributed by atoms with Crippen molar-refractivity contribution in [2.75, 3.05) is 17.2 Å². The van der Waals surface area contributed by atoms with Crippen LogP contribution < -0.4 is 9.62 Å².